The van der Waals surface area contributed by atoms with Crippen molar-refractivity contribution >= 4 is 33.3 Å². The molecular weight excluding hydrogens is 320 g/mol. The van der Waals surface area contributed by atoms with Crippen LogP contribution in [-0.4, -0.2) is 16.7 Å². The number of halogens is 1. The Hall–Kier alpha value is -2.01. The van der Waals surface area contributed by atoms with Crippen LogP contribution in [0.15, 0.2) is 41.1 Å². The summed E-state index contributed by atoms with van der Waals surface area (Å²) in [6, 6.07) is 7.28. The molecule has 1 amide bonds. The predicted octanol–water partition coefficient (Wildman–Crippen LogP) is 2.88. The molecule has 1 aliphatic rings. The smallest absolute Gasteiger partial charge is 0.299 e. The monoisotopic (exact) mass is 330 g/mol. The van der Waals surface area contributed by atoms with Crippen molar-refractivity contribution in [2.24, 2.45) is 0 Å². The molecule has 0 radical (unpaired) electrons. The fraction of sp³-hybridized carbons (Fsp3) is 0.133. The second kappa shape index (κ2) is 4.83. The number of rotatable bonds is 2. The maximum atomic E-state index is 12.2. The van der Waals surface area contributed by atoms with E-state index < -0.39 is 11.7 Å². The Kier molecular flexibility index (Phi) is 3.14. The first-order chi connectivity index (χ1) is 9.58. The highest BCUT2D eigenvalue weighted by Crippen LogP contribution is 2.35. The van der Waals surface area contributed by atoms with Gasteiger partial charge in [0.15, 0.2) is 0 Å². The number of anilines is 1. The second-order valence-electron chi connectivity index (χ2n) is 4.69. The number of pyridine rings is 1. The first-order valence-electron chi connectivity index (χ1n) is 6.13. The Morgan fingerprint density at radius 2 is 1.90 bits per heavy atom. The largest absolute Gasteiger partial charge is 0.300 e. The lowest BCUT2D eigenvalue weighted by molar-refractivity contribution is -0.114. The van der Waals surface area contributed by atoms with Gasteiger partial charge in [-0.2, -0.15) is 0 Å². The van der Waals surface area contributed by atoms with Crippen LogP contribution in [0.1, 0.15) is 21.5 Å². The molecule has 0 bridgehead atoms. The molecule has 1 aromatic carbocycles. The van der Waals surface area contributed by atoms with Gasteiger partial charge in [0, 0.05) is 16.9 Å². The lowest BCUT2D eigenvalue weighted by Crippen LogP contribution is -2.29. The van der Waals surface area contributed by atoms with Gasteiger partial charge in [0.1, 0.15) is 0 Å². The highest BCUT2D eigenvalue weighted by Gasteiger charge is 2.37. The van der Waals surface area contributed by atoms with E-state index in [1.807, 2.05) is 25.1 Å². The number of amides is 1. The quantitative estimate of drug-likeness (QED) is 0.795. The molecule has 0 N–H and O–H groups in total. The van der Waals surface area contributed by atoms with Gasteiger partial charge in [0.05, 0.1) is 17.8 Å². The van der Waals surface area contributed by atoms with Crippen molar-refractivity contribution in [2.75, 3.05) is 4.90 Å². The van der Waals surface area contributed by atoms with Crippen LogP contribution in [0.2, 0.25) is 0 Å². The molecule has 0 atom stereocenters. The maximum Gasteiger partial charge on any atom is 0.299 e. The first-order valence-corrected chi connectivity index (χ1v) is 6.92. The number of benzene rings is 1. The molecule has 0 unspecified atom stereocenters. The van der Waals surface area contributed by atoms with Crippen molar-refractivity contribution < 1.29 is 9.59 Å². The summed E-state index contributed by atoms with van der Waals surface area (Å²) in [7, 11) is 0. The Labute approximate surface area is 124 Å². The van der Waals surface area contributed by atoms with E-state index in [9.17, 15) is 9.59 Å². The summed E-state index contributed by atoms with van der Waals surface area (Å²) in [6.07, 6.45) is 3.35. The molecule has 1 aliphatic heterocycles. The summed E-state index contributed by atoms with van der Waals surface area (Å²) in [5.41, 5.74) is 3.02. The number of nitrogens with zero attached hydrogens (tertiary/aromatic N) is 2. The number of fused-ring (bicyclic) bond motifs is 1. The SMILES string of the molecule is Cc1cc(Br)cc2c1N(Cc1ccncc1)C(=O)C2=O. The van der Waals surface area contributed by atoms with Crippen LogP contribution in [0.25, 0.3) is 0 Å². The van der Waals surface area contributed by atoms with Crippen LogP contribution in [0.4, 0.5) is 5.69 Å². The Balaban J connectivity index is 2.07. The van der Waals surface area contributed by atoms with E-state index in [1.165, 1.54) is 4.90 Å². The highest BCUT2D eigenvalue weighted by molar-refractivity contribution is 9.10. The molecule has 2 heterocycles. The molecule has 0 saturated heterocycles. The number of aromatic nitrogens is 1. The molecule has 5 heteroatoms. The molecular formula is C15H11BrN2O2. The number of ketones is 1. The van der Waals surface area contributed by atoms with Crippen LogP contribution in [0.5, 0.6) is 0 Å². The third-order valence-electron chi connectivity index (χ3n) is 3.31. The van der Waals surface area contributed by atoms with Gasteiger partial charge in [0.25, 0.3) is 11.7 Å². The molecule has 3 rings (SSSR count). The van der Waals surface area contributed by atoms with Gasteiger partial charge >= 0.3 is 0 Å². The number of Topliss-reactive ketones (excluding diaryl/α,β-unsaturated/α-hetero) is 1. The lowest BCUT2D eigenvalue weighted by atomic mass is 10.1. The van der Waals surface area contributed by atoms with Gasteiger partial charge in [0.2, 0.25) is 0 Å². The first kappa shape index (κ1) is 13.0. The van der Waals surface area contributed by atoms with Gasteiger partial charge in [-0.05, 0) is 42.3 Å². The van der Waals surface area contributed by atoms with Gasteiger partial charge in [-0.1, -0.05) is 15.9 Å². The minimum absolute atomic E-state index is 0.378. The molecule has 4 nitrogen and oxygen atoms in total. The van der Waals surface area contributed by atoms with Crippen molar-refractivity contribution in [3.05, 3.63) is 57.8 Å². The Morgan fingerprint density at radius 1 is 1.20 bits per heavy atom. The highest BCUT2D eigenvalue weighted by atomic mass is 79.9. The fourth-order valence-electron chi connectivity index (χ4n) is 2.43. The fourth-order valence-corrected chi connectivity index (χ4v) is 3.00. The Morgan fingerprint density at radius 3 is 2.60 bits per heavy atom. The van der Waals surface area contributed by atoms with Crippen molar-refractivity contribution in [1.29, 1.82) is 0 Å². The zero-order valence-corrected chi connectivity index (χ0v) is 12.3. The van der Waals surface area contributed by atoms with Crippen LogP contribution in [0.3, 0.4) is 0 Å². The van der Waals surface area contributed by atoms with E-state index in [1.54, 1.807) is 18.5 Å². The van der Waals surface area contributed by atoms with E-state index in [2.05, 4.69) is 20.9 Å². The van der Waals surface area contributed by atoms with Crippen molar-refractivity contribution in [2.45, 2.75) is 13.5 Å². The van der Waals surface area contributed by atoms with Crippen LogP contribution in [-0.2, 0) is 11.3 Å². The lowest BCUT2D eigenvalue weighted by Gasteiger charge is -2.18. The molecule has 0 fully saturated rings. The van der Waals surface area contributed by atoms with E-state index in [0.717, 1.165) is 15.6 Å². The summed E-state index contributed by atoms with van der Waals surface area (Å²) in [6.45, 7) is 2.28. The van der Waals surface area contributed by atoms with Gasteiger partial charge in [-0.3, -0.25) is 14.6 Å². The maximum absolute atomic E-state index is 12.2. The van der Waals surface area contributed by atoms with Crippen molar-refractivity contribution in [3.8, 4) is 0 Å². The van der Waals surface area contributed by atoms with Gasteiger partial charge in [-0.25, -0.2) is 0 Å². The van der Waals surface area contributed by atoms with Crippen LogP contribution >= 0.6 is 15.9 Å². The van der Waals surface area contributed by atoms with E-state index in [0.29, 0.717) is 17.8 Å². The molecule has 0 spiro atoms. The zero-order chi connectivity index (χ0) is 14.3. The molecule has 100 valence electrons. The average Bonchev–Trinajstić information content (AvgIpc) is 2.65. The molecule has 1 aromatic heterocycles. The second-order valence-corrected chi connectivity index (χ2v) is 5.61. The predicted molar refractivity (Wildman–Crippen MR) is 78.6 cm³/mol. The van der Waals surface area contributed by atoms with Gasteiger partial charge < -0.3 is 4.90 Å². The third-order valence-corrected chi connectivity index (χ3v) is 3.77. The summed E-state index contributed by atoms with van der Waals surface area (Å²) in [5, 5.41) is 0. The van der Waals surface area contributed by atoms with E-state index in [-0.39, 0.29) is 0 Å². The standard InChI is InChI=1S/C15H11BrN2O2/c1-9-6-11(16)7-12-13(9)18(15(20)14(12)19)8-10-2-4-17-5-3-10/h2-7H,8H2,1H3. The van der Waals surface area contributed by atoms with E-state index in [4.69, 9.17) is 0 Å². The number of carbonyl (C=O) groups excluding carboxylic acids is 2. The summed E-state index contributed by atoms with van der Waals surface area (Å²) in [4.78, 5) is 29.7. The summed E-state index contributed by atoms with van der Waals surface area (Å²) >= 11 is 3.36. The summed E-state index contributed by atoms with van der Waals surface area (Å²) in [5.74, 6) is -0.920. The number of hydrogen-bond acceptors (Lipinski definition) is 3. The molecule has 0 aliphatic carbocycles. The van der Waals surface area contributed by atoms with Crippen molar-refractivity contribution in [1.82, 2.24) is 4.98 Å². The minimum atomic E-state index is -0.474. The third kappa shape index (κ3) is 2.04. The van der Waals surface area contributed by atoms with Crippen LogP contribution in [0, 0.1) is 6.92 Å². The number of hydrogen-bond donors (Lipinski definition) is 0. The average molecular weight is 331 g/mol. The number of carbonyl (C=O) groups is 2. The van der Waals surface area contributed by atoms with Gasteiger partial charge in [-0.15, -0.1) is 0 Å². The minimum Gasteiger partial charge on any atom is -0.300 e. The summed E-state index contributed by atoms with van der Waals surface area (Å²) < 4.78 is 0.806. The zero-order valence-electron chi connectivity index (χ0n) is 10.8. The molecule has 20 heavy (non-hydrogen) atoms. The van der Waals surface area contributed by atoms with E-state index >= 15 is 0 Å². The van der Waals surface area contributed by atoms with Crippen molar-refractivity contribution in [3.63, 3.8) is 0 Å². The number of aryl methyl sites for hydroxylation is 1. The normalized spacial score (nSPS) is 13.8. The van der Waals surface area contributed by atoms with Crippen LogP contribution < -0.4 is 4.90 Å². The molecule has 0 saturated carbocycles. The molecule has 2 aromatic rings. The Bertz CT molecular complexity index is 713. The topological polar surface area (TPSA) is 50.3 Å².